The summed E-state index contributed by atoms with van der Waals surface area (Å²) in [5.41, 5.74) is 5.50. The molecule has 0 unspecified atom stereocenters. The van der Waals surface area contributed by atoms with E-state index in [1.807, 2.05) is 12.1 Å². The molecule has 0 aromatic heterocycles. The molecule has 0 radical (unpaired) electrons. The second-order valence-electron chi connectivity index (χ2n) is 3.57. The normalized spacial score (nSPS) is 17.9. The molecule has 76 valence electrons. The number of rotatable bonds is 3. The van der Waals surface area contributed by atoms with Crippen LogP contribution in [-0.2, 0) is 0 Å². The summed E-state index contributed by atoms with van der Waals surface area (Å²) in [5, 5.41) is 0.662. The van der Waals surface area contributed by atoms with E-state index >= 15 is 0 Å². The predicted molar refractivity (Wildman–Crippen MR) is 60.8 cm³/mol. The fraction of sp³-hybridized carbons (Fsp3) is 0.400. The van der Waals surface area contributed by atoms with E-state index in [0.29, 0.717) is 11.6 Å². The van der Waals surface area contributed by atoms with Gasteiger partial charge in [0.1, 0.15) is 11.4 Å². The topological polar surface area (TPSA) is 35.2 Å². The number of benzene rings is 1. The minimum absolute atomic E-state index is 0.114. The Balaban J connectivity index is 2.14. The van der Waals surface area contributed by atoms with Crippen molar-refractivity contribution in [3.63, 3.8) is 0 Å². The maximum absolute atomic E-state index is 5.95. The van der Waals surface area contributed by atoms with Crippen molar-refractivity contribution in [2.45, 2.75) is 18.4 Å². The lowest BCUT2D eigenvalue weighted by molar-refractivity contribution is 0.187. The first-order valence-electron chi connectivity index (χ1n) is 4.49. The standard InChI is InChI=1S/C10H11BrClNO/c11-8-2-1-7(5-9(8)12)14-10(6-13)3-4-10/h1-2,5H,3-4,6,13H2. The van der Waals surface area contributed by atoms with Gasteiger partial charge < -0.3 is 10.5 Å². The summed E-state index contributed by atoms with van der Waals surface area (Å²) in [5.74, 6) is 0.793. The first kappa shape index (κ1) is 10.3. The fourth-order valence-corrected chi connectivity index (χ4v) is 1.69. The van der Waals surface area contributed by atoms with E-state index in [2.05, 4.69) is 15.9 Å². The van der Waals surface area contributed by atoms with Gasteiger partial charge in [0, 0.05) is 11.0 Å². The van der Waals surface area contributed by atoms with E-state index in [0.717, 1.165) is 23.1 Å². The molecule has 1 aromatic carbocycles. The van der Waals surface area contributed by atoms with Crippen molar-refractivity contribution < 1.29 is 4.74 Å². The van der Waals surface area contributed by atoms with Gasteiger partial charge in [0.05, 0.1) is 5.02 Å². The number of ether oxygens (including phenoxy) is 1. The Morgan fingerprint density at radius 1 is 1.50 bits per heavy atom. The highest BCUT2D eigenvalue weighted by Crippen LogP contribution is 2.40. The average molecular weight is 277 g/mol. The van der Waals surface area contributed by atoms with E-state index in [9.17, 15) is 0 Å². The maximum Gasteiger partial charge on any atom is 0.121 e. The van der Waals surface area contributed by atoms with Crippen LogP contribution >= 0.6 is 27.5 Å². The van der Waals surface area contributed by atoms with Gasteiger partial charge in [0.15, 0.2) is 0 Å². The first-order valence-corrected chi connectivity index (χ1v) is 5.66. The van der Waals surface area contributed by atoms with Crippen LogP contribution in [0.5, 0.6) is 5.75 Å². The fourth-order valence-electron chi connectivity index (χ4n) is 1.28. The third-order valence-electron chi connectivity index (χ3n) is 2.41. The van der Waals surface area contributed by atoms with Gasteiger partial charge in [-0.2, -0.15) is 0 Å². The summed E-state index contributed by atoms with van der Waals surface area (Å²) in [4.78, 5) is 0. The third kappa shape index (κ3) is 2.05. The number of hydrogen-bond acceptors (Lipinski definition) is 2. The molecule has 2 rings (SSSR count). The molecule has 0 saturated heterocycles. The SMILES string of the molecule is NCC1(Oc2ccc(Br)c(Cl)c2)CC1. The van der Waals surface area contributed by atoms with Crippen molar-refractivity contribution in [2.75, 3.05) is 6.54 Å². The van der Waals surface area contributed by atoms with E-state index < -0.39 is 0 Å². The molecule has 0 atom stereocenters. The molecule has 0 amide bonds. The molecule has 1 aliphatic rings. The molecule has 0 bridgehead atoms. The second kappa shape index (κ2) is 3.72. The van der Waals surface area contributed by atoms with Gasteiger partial charge >= 0.3 is 0 Å². The highest BCUT2D eigenvalue weighted by Gasteiger charge is 2.44. The second-order valence-corrected chi connectivity index (χ2v) is 4.83. The summed E-state index contributed by atoms with van der Waals surface area (Å²) in [6, 6.07) is 5.58. The zero-order valence-electron chi connectivity index (χ0n) is 7.59. The lowest BCUT2D eigenvalue weighted by Crippen LogP contribution is -2.28. The van der Waals surface area contributed by atoms with Gasteiger partial charge in [0.2, 0.25) is 0 Å². The van der Waals surface area contributed by atoms with E-state index in [4.69, 9.17) is 22.1 Å². The number of hydrogen-bond donors (Lipinski definition) is 1. The molecule has 2 N–H and O–H groups in total. The Bertz CT molecular complexity index is 352. The van der Waals surface area contributed by atoms with Crippen LogP contribution in [0.2, 0.25) is 5.02 Å². The summed E-state index contributed by atoms with van der Waals surface area (Å²) in [6.07, 6.45) is 2.08. The Labute approximate surface area is 96.5 Å². The molecule has 0 heterocycles. The molecular weight excluding hydrogens is 265 g/mol. The van der Waals surface area contributed by atoms with Crippen LogP contribution < -0.4 is 10.5 Å². The molecule has 0 spiro atoms. The maximum atomic E-state index is 5.95. The third-order valence-corrected chi connectivity index (χ3v) is 3.64. The van der Waals surface area contributed by atoms with Crippen LogP contribution in [0.25, 0.3) is 0 Å². The smallest absolute Gasteiger partial charge is 0.121 e. The Kier molecular flexibility index (Phi) is 2.73. The van der Waals surface area contributed by atoms with Crippen LogP contribution in [0.3, 0.4) is 0 Å². The minimum atomic E-state index is -0.114. The highest BCUT2D eigenvalue weighted by atomic mass is 79.9. The van der Waals surface area contributed by atoms with Crippen molar-refractivity contribution >= 4 is 27.5 Å². The molecular formula is C10H11BrClNO. The summed E-state index contributed by atoms with van der Waals surface area (Å²) >= 11 is 9.28. The summed E-state index contributed by atoms with van der Waals surface area (Å²) in [7, 11) is 0. The largest absolute Gasteiger partial charge is 0.486 e. The van der Waals surface area contributed by atoms with Crippen LogP contribution in [0.15, 0.2) is 22.7 Å². The van der Waals surface area contributed by atoms with Crippen molar-refractivity contribution in [3.8, 4) is 5.75 Å². The quantitative estimate of drug-likeness (QED) is 0.921. The lowest BCUT2D eigenvalue weighted by Gasteiger charge is -2.16. The highest BCUT2D eigenvalue weighted by molar-refractivity contribution is 9.10. The van der Waals surface area contributed by atoms with Gasteiger partial charge in [-0.1, -0.05) is 11.6 Å². The van der Waals surface area contributed by atoms with Crippen molar-refractivity contribution in [3.05, 3.63) is 27.7 Å². The molecule has 1 fully saturated rings. The molecule has 4 heteroatoms. The Morgan fingerprint density at radius 2 is 2.21 bits per heavy atom. The van der Waals surface area contributed by atoms with Crippen LogP contribution in [0.4, 0.5) is 0 Å². The number of nitrogens with two attached hydrogens (primary N) is 1. The van der Waals surface area contributed by atoms with Crippen molar-refractivity contribution in [1.29, 1.82) is 0 Å². The van der Waals surface area contributed by atoms with Crippen molar-refractivity contribution in [2.24, 2.45) is 5.73 Å². The Morgan fingerprint density at radius 3 is 2.71 bits per heavy atom. The van der Waals surface area contributed by atoms with E-state index in [1.165, 1.54) is 0 Å². The van der Waals surface area contributed by atoms with Crippen molar-refractivity contribution in [1.82, 2.24) is 0 Å². The number of halogens is 2. The van der Waals surface area contributed by atoms with Crippen LogP contribution in [0.1, 0.15) is 12.8 Å². The molecule has 1 aliphatic carbocycles. The monoisotopic (exact) mass is 275 g/mol. The van der Waals surface area contributed by atoms with Gasteiger partial charge in [-0.15, -0.1) is 0 Å². The average Bonchev–Trinajstić information content (AvgIpc) is 2.93. The van der Waals surface area contributed by atoms with Gasteiger partial charge in [0.25, 0.3) is 0 Å². The molecule has 14 heavy (non-hydrogen) atoms. The first-order chi connectivity index (χ1) is 6.65. The predicted octanol–water partition coefficient (Wildman–Crippen LogP) is 2.97. The van der Waals surface area contributed by atoms with E-state index in [1.54, 1.807) is 6.07 Å². The van der Waals surface area contributed by atoms with E-state index in [-0.39, 0.29) is 5.60 Å². The van der Waals surface area contributed by atoms with Crippen LogP contribution in [-0.4, -0.2) is 12.1 Å². The van der Waals surface area contributed by atoms with Gasteiger partial charge in [-0.3, -0.25) is 0 Å². The molecule has 0 aliphatic heterocycles. The minimum Gasteiger partial charge on any atom is -0.486 e. The zero-order chi connectivity index (χ0) is 10.2. The summed E-state index contributed by atoms with van der Waals surface area (Å²) < 4.78 is 6.65. The molecule has 1 saturated carbocycles. The molecule has 1 aromatic rings. The summed E-state index contributed by atoms with van der Waals surface area (Å²) in [6.45, 7) is 0.570. The molecule has 2 nitrogen and oxygen atoms in total. The lowest BCUT2D eigenvalue weighted by atomic mass is 10.3. The zero-order valence-corrected chi connectivity index (χ0v) is 9.94. The Hall–Kier alpha value is -0.250. The van der Waals surface area contributed by atoms with Crippen LogP contribution in [0, 0.1) is 0 Å². The van der Waals surface area contributed by atoms with Gasteiger partial charge in [-0.25, -0.2) is 0 Å². The van der Waals surface area contributed by atoms with Gasteiger partial charge in [-0.05, 0) is 47.0 Å².